The van der Waals surface area contributed by atoms with E-state index in [1.807, 2.05) is 0 Å². The Balaban J connectivity index is 2.37. The van der Waals surface area contributed by atoms with Crippen molar-refractivity contribution in [3.8, 4) is 16.9 Å². The Morgan fingerprint density at radius 3 is 2.57 bits per heavy atom. The van der Waals surface area contributed by atoms with Crippen molar-refractivity contribution < 1.29 is 14.3 Å². The largest absolute Gasteiger partial charge is 0.507 e. The van der Waals surface area contributed by atoms with Crippen LogP contribution in [0, 0.1) is 0 Å². The van der Waals surface area contributed by atoms with Gasteiger partial charge in [-0.3, -0.25) is 9.59 Å². The molecule has 2 aromatic carbocycles. The molecule has 1 N–H and O–H groups in total. The van der Waals surface area contributed by atoms with E-state index in [4.69, 9.17) is 16.0 Å². The second-order valence-electron chi connectivity index (χ2n) is 4.45. The molecule has 0 amide bonds. The lowest BCUT2D eigenvalue weighted by Crippen LogP contribution is -2.06. The third-order valence-corrected chi connectivity index (χ3v) is 3.57. The number of hydrogen-bond acceptors (Lipinski definition) is 4. The van der Waals surface area contributed by atoms with Crippen LogP contribution in [0.4, 0.5) is 0 Å². The first-order valence-electron chi connectivity index (χ1n) is 6.11. The van der Waals surface area contributed by atoms with Crippen molar-refractivity contribution in [3.63, 3.8) is 0 Å². The van der Waals surface area contributed by atoms with Crippen molar-refractivity contribution in [2.75, 3.05) is 0 Å². The summed E-state index contributed by atoms with van der Waals surface area (Å²) in [7, 11) is 0. The smallest absolute Gasteiger partial charge is 0.200 e. The fourth-order valence-corrected chi connectivity index (χ4v) is 2.43. The molecule has 0 radical (unpaired) electrons. The number of carbonyl (C=O) groups is 1. The number of hydrogen-bond donors (Lipinski definition) is 1. The summed E-state index contributed by atoms with van der Waals surface area (Å²) in [4.78, 5) is 23.6. The van der Waals surface area contributed by atoms with Crippen LogP contribution in [-0.2, 0) is 0 Å². The summed E-state index contributed by atoms with van der Waals surface area (Å²) in [5, 5.41) is 10.3. The van der Waals surface area contributed by atoms with Crippen LogP contribution in [0.15, 0.2) is 51.9 Å². The SMILES string of the molecule is O=Cc1c(O)ccc2c(=O)c(-c3ccccc3Cl)coc12. The van der Waals surface area contributed by atoms with E-state index in [1.54, 1.807) is 24.3 Å². The van der Waals surface area contributed by atoms with Gasteiger partial charge in [-0.25, -0.2) is 0 Å². The highest BCUT2D eigenvalue weighted by Gasteiger charge is 2.15. The highest BCUT2D eigenvalue weighted by Crippen LogP contribution is 2.29. The van der Waals surface area contributed by atoms with Gasteiger partial charge in [0.05, 0.1) is 16.5 Å². The molecule has 3 aromatic rings. The number of aromatic hydroxyl groups is 1. The highest BCUT2D eigenvalue weighted by molar-refractivity contribution is 6.33. The van der Waals surface area contributed by atoms with Gasteiger partial charge < -0.3 is 9.52 Å². The lowest BCUT2D eigenvalue weighted by molar-refractivity contribution is 0.112. The fraction of sp³-hybridized carbons (Fsp3) is 0. The lowest BCUT2D eigenvalue weighted by Gasteiger charge is -2.06. The number of aldehydes is 1. The number of halogens is 1. The number of fused-ring (bicyclic) bond motifs is 1. The maximum atomic E-state index is 12.5. The zero-order valence-electron chi connectivity index (χ0n) is 10.7. The van der Waals surface area contributed by atoms with E-state index in [0.29, 0.717) is 22.4 Å². The van der Waals surface area contributed by atoms with Gasteiger partial charge in [0.25, 0.3) is 0 Å². The summed E-state index contributed by atoms with van der Waals surface area (Å²) < 4.78 is 5.39. The molecule has 4 nitrogen and oxygen atoms in total. The van der Waals surface area contributed by atoms with Crippen LogP contribution >= 0.6 is 11.6 Å². The van der Waals surface area contributed by atoms with E-state index in [0.717, 1.165) is 0 Å². The molecule has 21 heavy (non-hydrogen) atoms. The first kappa shape index (κ1) is 13.4. The molecule has 5 heteroatoms. The Hall–Kier alpha value is -2.59. The van der Waals surface area contributed by atoms with Crippen molar-refractivity contribution in [3.05, 3.63) is 63.5 Å². The summed E-state index contributed by atoms with van der Waals surface area (Å²) in [5.74, 6) is -0.230. The van der Waals surface area contributed by atoms with Crippen LogP contribution in [0.1, 0.15) is 10.4 Å². The van der Waals surface area contributed by atoms with Gasteiger partial charge in [0.15, 0.2) is 11.9 Å². The average Bonchev–Trinajstić information content (AvgIpc) is 2.48. The molecule has 0 atom stereocenters. The molecule has 3 rings (SSSR count). The standard InChI is InChI=1S/C16H9ClO4/c17-13-4-2-1-3-9(13)12-8-21-16-10(15(12)20)5-6-14(19)11(16)7-18/h1-8,19H. The van der Waals surface area contributed by atoms with Gasteiger partial charge in [-0.15, -0.1) is 0 Å². The highest BCUT2D eigenvalue weighted by atomic mass is 35.5. The molecule has 104 valence electrons. The van der Waals surface area contributed by atoms with Gasteiger partial charge in [-0.2, -0.15) is 0 Å². The number of carbonyl (C=O) groups excluding carboxylic acids is 1. The molecule has 0 fully saturated rings. The molecule has 0 saturated carbocycles. The molecular weight excluding hydrogens is 292 g/mol. The number of phenolic OH excluding ortho intramolecular Hbond substituents is 1. The summed E-state index contributed by atoms with van der Waals surface area (Å²) >= 11 is 6.09. The fourth-order valence-electron chi connectivity index (χ4n) is 2.19. The summed E-state index contributed by atoms with van der Waals surface area (Å²) in [6.07, 6.45) is 1.70. The Kier molecular flexibility index (Phi) is 3.23. The van der Waals surface area contributed by atoms with Gasteiger partial charge in [0, 0.05) is 10.6 Å². The van der Waals surface area contributed by atoms with Crippen molar-refractivity contribution in [1.82, 2.24) is 0 Å². The monoisotopic (exact) mass is 300 g/mol. The van der Waals surface area contributed by atoms with Crippen molar-refractivity contribution >= 4 is 28.9 Å². The van der Waals surface area contributed by atoms with Crippen molar-refractivity contribution in [2.24, 2.45) is 0 Å². The quantitative estimate of drug-likeness (QED) is 0.734. The zero-order valence-corrected chi connectivity index (χ0v) is 11.4. The van der Waals surface area contributed by atoms with Gasteiger partial charge in [0.1, 0.15) is 12.0 Å². The third kappa shape index (κ3) is 2.10. The Morgan fingerprint density at radius 1 is 1.10 bits per heavy atom. The van der Waals surface area contributed by atoms with Gasteiger partial charge in [-0.05, 0) is 18.2 Å². The van der Waals surface area contributed by atoms with Crippen LogP contribution in [-0.4, -0.2) is 11.4 Å². The van der Waals surface area contributed by atoms with Crippen LogP contribution in [0.3, 0.4) is 0 Å². The molecule has 0 bridgehead atoms. The summed E-state index contributed by atoms with van der Waals surface area (Å²) in [6, 6.07) is 9.62. The van der Waals surface area contributed by atoms with Gasteiger partial charge in [0.2, 0.25) is 5.43 Å². The molecule has 0 spiro atoms. The van der Waals surface area contributed by atoms with Gasteiger partial charge in [-0.1, -0.05) is 29.8 Å². The second-order valence-corrected chi connectivity index (χ2v) is 4.86. The first-order chi connectivity index (χ1) is 10.1. The summed E-state index contributed by atoms with van der Waals surface area (Å²) in [6.45, 7) is 0. The average molecular weight is 301 g/mol. The molecule has 0 unspecified atom stereocenters. The van der Waals surface area contributed by atoms with Crippen molar-refractivity contribution in [1.29, 1.82) is 0 Å². The number of phenols is 1. The van der Waals surface area contributed by atoms with Crippen LogP contribution in [0.2, 0.25) is 5.02 Å². The van der Waals surface area contributed by atoms with E-state index >= 15 is 0 Å². The second kappa shape index (κ2) is 5.07. The predicted molar refractivity (Wildman–Crippen MR) is 80.0 cm³/mol. The molecule has 0 aliphatic rings. The van der Waals surface area contributed by atoms with E-state index in [2.05, 4.69) is 0 Å². The molecule has 0 aliphatic heterocycles. The number of benzene rings is 2. The predicted octanol–water partition coefficient (Wildman–Crippen LogP) is 3.63. The normalized spacial score (nSPS) is 10.7. The zero-order chi connectivity index (χ0) is 15.0. The van der Waals surface area contributed by atoms with E-state index in [-0.39, 0.29) is 27.7 Å². The Labute approximate surface area is 124 Å². The van der Waals surface area contributed by atoms with E-state index < -0.39 is 0 Å². The van der Waals surface area contributed by atoms with Crippen molar-refractivity contribution in [2.45, 2.75) is 0 Å². The topological polar surface area (TPSA) is 67.5 Å². The molecule has 0 saturated heterocycles. The van der Waals surface area contributed by atoms with Gasteiger partial charge >= 0.3 is 0 Å². The molecule has 0 aliphatic carbocycles. The minimum Gasteiger partial charge on any atom is -0.507 e. The Bertz CT molecular complexity index is 912. The first-order valence-corrected chi connectivity index (χ1v) is 6.49. The number of rotatable bonds is 2. The van der Waals surface area contributed by atoms with E-state index in [9.17, 15) is 14.7 Å². The third-order valence-electron chi connectivity index (χ3n) is 3.24. The molecule has 1 heterocycles. The van der Waals surface area contributed by atoms with E-state index in [1.165, 1.54) is 18.4 Å². The maximum Gasteiger partial charge on any atom is 0.200 e. The van der Waals surface area contributed by atoms with Crippen LogP contribution in [0.25, 0.3) is 22.1 Å². The molecule has 1 aromatic heterocycles. The maximum absolute atomic E-state index is 12.5. The summed E-state index contributed by atoms with van der Waals surface area (Å²) in [5.41, 5.74) is 0.555. The van der Waals surface area contributed by atoms with Crippen LogP contribution < -0.4 is 5.43 Å². The lowest BCUT2D eigenvalue weighted by atomic mass is 10.0. The minimum absolute atomic E-state index is 0.0460. The minimum atomic E-state index is -0.313. The molecular formula is C16H9ClO4. The Morgan fingerprint density at radius 2 is 1.86 bits per heavy atom. The van der Waals surface area contributed by atoms with Crippen LogP contribution in [0.5, 0.6) is 5.75 Å².